The second kappa shape index (κ2) is 7.24. The van der Waals surface area contributed by atoms with E-state index in [-0.39, 0.29) is 0 Å². The monoisotopic (exact) mass is 215 g/mol. The summed E-state index contributed by atoms with van der Waals surface area (Å²) in [6.07, 6.45) is 1.16. The van der Waals surface area contributed by atoms with E-state index in [0.29, 0.717) is 11.5 Å². The van der Waals surface area contributed by atoms with Gasteiger partial charge >= 0.3 is 0 Å². The van der Waals surface area contributed by atoms with Crippen molar-refractivity contribution >= 4 is 0 Å². The van der Waals surface area contributed by atoms with Crippen molar-refractivity contribution in [3.05, 3.63) is 0 Å². The summed E-state index contributed by atoms with van der Waals surface area (Å²) in [6, 6.07) is 0.534. The molecule has 0 aromatic carbocycles. The maximum Gasteiger partial charge on any atom is 0.0591 e. The van der Waals surface area contributed by atoms with Crippen LogP contribution in [0, 0.1) is 11.3 Å². The number of hydrogen-bond donors (Lipinski definition) is 1. The van der Waals surface area contributed by atoms with Crippen molar-refractivity contribution in [3.63, 3.8) is 0 Å². The number of hydrogen-bond acceptors (Lipinski definition) is 2. The van der Waals surface area contributed by atoms with Crippen LogP contribution in [0.25, 0.3) is 0 Å². The minimum absolute atomic E-state index is 0.331. The normalized spacial score (nSPS) is 14.6. The van der Waals surface area contributed by atoms with Gasteiger partial charge in [-0.3, -0.25) is 0 Å². The predicted octanol–water partition coefficient (Wildman–Crippen LogP) is 3.07. The van der Waals surface area contributed by atoms with Crippen LogP contribution in [0.2, 0.25) is 0 Å². The third-order valence-corrected chi connectivity index (χ3v) is 2.84. The Morgan fingerprint density at radius 1 is 1.07 bits per heavy atom. The van der Waals surface area contributed by atoms with Gasteiger partial charge in [-0.15, -0.1) is 0 Å². The first kappa shape index (κ1) is 14.9. The molecule has 0 aliphatic carbocycles. The Balaban J connectivity index is 3.32. The second-order valence-corrected chi connectivity index (χ2v) is 5.84. The van der Waals surface area contributed by atoms with Crippen molar-refractivity contribution in [1.29, 1.82) is 0 Å². The van der Waals surface area contributed by atoms with E-state index in [1.165, 1.54) is 0 Å². The smallest absolute Gasteiger partial charge is 0.0591 e. The van der Waals surface area contributed by atoms with Gasteiger partial charge in [-0.05, 0) is 24.7 Å². The molecule has 0 radical (unpaired) electrons. The fraction of sp³-hybridized carbons (Fsp3) is 1.00. The summed E-state index contributed by atoms with van der Waals surface area (Å²) >= 11 is 0. The maximum atomic E-state index is 5.55. The first-order valence-electron chi connectivity index (χ1n) is 6.15. The number of rotatable bonds is 7. The van der Waals surface area contributed by atoms with Crippen LogP contribution in [0.5, 0.6) is 0 Å². The molecule has 1 atom stereocenters. The molecule has 0 spiro atoms. The zero-order valence-corrected chi connectivity index (χ0v) is 11.4. The van der Waals surface area contributed by atoms with Crippen molar-refractivity contribution in [2.75, 3.05) is 19.8 Å². The highest BCUT2D eigenvalue weighted by molar-refractivity contribution is 4.75. The lowest BCUT2D eigenvalue weighted by Crippen LogP contribution is -2.39. The number of ether oxygens (including phenoxy) is 1. The highest BCUT2D eigenvalue weighted by Gasteiger charge is 2.18. The molecule has 0 aromatic heterocycles. The van der Waals surface area contributed by atoms with Crippen LogP contribution in [-0.4, -0.2) is 25.8 Å². The first-order chi connectivity index (χ1) is 6.84. The molecule has 1 N–H and O–H groups in total. The van der Waals surface area contributed by atoms with Gasteiger partial charge in [0.25, 0.3) is 0 Å². The Bertz CT molecular complexity index is 149. The maximum absolute atomic E-state index is 5.55. The summed E-state index contributed by atoms with van der Waals surface area (Å²) in [5.41, 5.74) is 0.331. The predicted molar refractivity (Wildman–Crippen MR) is 67.2 cm³/mol. The minimum Gasteiger partial charge on any atom is -0.380 e. The van der Waals surface area contributed by atoms with E-state index in [4.69, 9.17) is 4.74 Å². The molecule has 92 valence electrons. The van der Waals surface area contributed by atoms with Crippen molar-refractivity contribution < 1.29 is 4.74 Å². The molecule has 0 bridgehead atoms. The van der Waals surface area contributed by atoms with E-state index in [2.05, 4.69) is 46.9 Å². The van der Waals surface area contributed by atoms with Crippen molar-refractivity contribution in [2.45, 2.75) is 54.0 Å². The molecule has 1 unspecified atom stereocenters. The zero-order chi connectivity index (χ0) is 11.9. The first-order valence-corrected chi connectivity index (χ1v) is 6.15. The van der Waals surface area contributed by atoms with Crippen LogP contribution in [-0.2, 0) is 4.74 Å². The summed E-state index contributed by atoms with van der Waals surface area (Å²) in [4.78, 5) is 0. The molecule has 0 saturated heterocycles. The third-order valence-electron chi connectivity index (χ3n) is 2.84. The average molecular weight is 215 g/mol. The third kappa shape index (κ3) is 8.88. The average Bonchev–Trinajstić information content (AvgIpc) is 2.08. The fourth-order valence-electron chi connectivity index (χ4n) is 1.07. The van der Waals surface area contributed by atoms with Gasteiger partial charge in [0.15, 0.2) is 0 Å². The Morgan fingerprint density at radius 3 is 2.13 bits per heavy atom. The molecule has 0 saturated carbocycles. The van der Waals surface area contributed by atoms with Crippen LogP contribution < -0.4 is 5.32 Å². The van der Waals surface area contributed by atoms with Gasteiger partial charge < -0.3 is 10.1 Å². The van der Waals surface area contributed by atoms with Gasteiger partial charge in [-0.25, -0.2) is 0 Å². The molecule has 0 amide bonds. The van der Waals surface area contributed by atoms with E-state index in [9.17, 15) is 0 Å². The van der Waals surface area contributed by atoms with E-state index >= 15 is 0 Å². The lowest BCUT2D eigenvalue weighted by atomic mass is 9.88. The second-order valence-electron chi connectivity index (χ2n) is 5.84. The van der Waals surface area contributed by atoms with Crippen LogP contribution >= 0.6 is 0 Å². The number of nitrogens with one attached hydrogen (secondary N) is 1. The summed E-state index contributed by atoms with van der Waals surface area (Å²) in [5, 5.41) is 3.49. The van der Waals surface area contributed by atoms with E-state index in [0.717, 1.165) is 32.1 Å². The van der Waals surface area contributed by atoms with Gasteiger partial charge in [0, 0.05) is 19.2 Å². The lowest BCUT2D eigenvalue weighted by Gasteiger charge is -2.28. The Kier molecular flexibility index (Phi) is 7.20. The Morgan fingerprint density at radius 2 is 1.67 bits per heavy atom. The van der Waals surface area contributed by atoms with Crippen molar-refractivity contribution in [3.8, 4) is 0 Å². The molecular formula is C13H29NO. The molecule has 0 heterocycles. The van der Waals surface area contributed by atoms with Gasteiger partial charge in [0.05, 0.1) is 6.61 Å². The molecule has 2 nitrogen and oxygen atoms in total. The van der Waals surface area contributed by atoms with Crippen LogP contribution in [0.4, 0.5) is 0 Å². The lowest BCUT2D eigenvalue weighted by molar-refractivity contribution is 0.119. The van der Waals surface area contributed by atoms with E-state index in [1.807, 2.05) is 0 Å². The summed E-state index contributed by atoms with van der Waals surface area (Å²) in [7, 11) is 0. The Hall–Kier alpha value is -0.0800. The molecule has 0 rings (SSSR count). The van der Waals surface area contributed by atoms with Crippen molar-refractivity contribution in [1.82, 2.24) is 5.32 Å². The SMILES string of the molecule is CC(C)CCOCCNC(C)C(C)(C)C. The molecular weight excluding hydrogens is 186 g/mol. The van der Waals surface area contributed by atoms with Gasteiger partial charge in [-0.1, -0.05) is 34.6 Å². The summed E-state index contributed by atoms with van der Waals surface area (Å²) in [6.45, 7) is 16.1. The largest absolute Gasteiger partial charge is 0.380 e. The fourth-order valence-corrected chi connectivity index (χ4v) is 1.07. The molecule has 2 heteroatoms. The zero-order valence-electron chi connectivity index (χ0n) is 11.4. The van der Waals surface area contributed by atoms with Gasteiger partial charge in [0.1, 0.15) is 0 Å². The highest BCUT2D eigenvalue weighted by Crippen LogP contribution is 2.17. The van der Waals surface area contributed by atoms with E-state index in [1.54, 1.807) is 0 Å². The molecule has 0 aromatic rings. The Labute approximate surface area is 95.8 Å². The topological polar surface area (TPSA) is 21.3 Å². The molecule has 0 fully saturated rings. The van der Waals surface area contributed by atoms with Crippen LogP contribution in [0.15, 0.2) is 0 Å². The van der Waals surface area contributed by atoms with Crippen molar-refractivity contribution in [2.24, 2.45) is 11.3 Å². The quantitative estimate of drug-likeness (QED) is 0.659. The standard InChI is InChI=1S/C13H29NO/c1-11(2)7-9-15-10-8-14-12(3)13(4,5)6/h11-12,14H,7-10H2,1-6H3. The van der Waals surface area contributed by atoms with Crippen LogP contribution in [0.3, 0.4) is 0 Å². The van der Waals surface area contributed by atoms with Gasteiger partial charge in [0.2, 0.25) is 0 Å². The molecule has 0 aliphatic heterocycles. The molecule has 0 aliphatic rings. The molecule has 15 heavy (non-hydrogen) atoms. The summed E-state index contributed by atoms with van der Waals surface area (Å²) in [5.74, 6) is 0.742. The minimum atomic E-state index is 0.331. The highest BCUT2D eigenvalue weighted by atomic mass is 16.5. The van der Waals surface area contributed by atoms with Gasteiger partial charge in [-0.2, -0.15) is 0 Å². The summed E-state index contributed by atoms with van der Waals surface area (Å²) < 4.78 is 5.55. The van der Waals surface area contributed by atoms with E-state index < -0.39 is 0 Å². The van der Waals surface area contributed by atoms with Crippen LogP contribution in [0.1, 0.15) is 48.0 Å².